The van der Waals surface area contributed by atoms with Gasteiger partial charge in [-0.25, -0.2) is 0 Å². The van der Waals surface area contributed by atoms with Gasteiger partial charge in [0.1, 0.15) is 5.75 Å². The Bertz CT molecular complexity index is 458. The molecular weight excluding hydrogens is 298 g/mol. The van der Waals surface area contributed by atoms with Gasteiger partial charge in [-0.05, 0) is 39.0 Å². The molecule has 0 radical (unpaired) electrons. The molecule has 4 nitrogen and oxygen atoms in total. The van der Waals surface area contributed by atoms with E-state index in [0.29, 0.717) is 11.3 Å². The number of benzene rings is 1. The second-order valence-corrected chi connectivity index (χ2v) is 5.12. The van der Waals surface area contributed by atoms with Crippen molar-refractivity contribution in [3.8, 4) is 5.75 Å². The third-order valence-corrected chi connectivity index (χ3v) is 2.62. The number of hydrogen-bond acceptors (Lipinski definition) is 3. The van der Waals surface area contributed by atoms with E-state index in [9.17, 15) is 9.59 Å². The molecule has 0 saturated carbocycles. The number of carbonyl (C=O) groups is 2. The van der Waals surface area contributed by atoms with Crippen molar-refractivity contribution in [2.45, 2.75) is 26.8 Å². The normalized spacial score (nSPS) is 10.3. The maximum absolute atomic E-state index is 11.5. The van der Waals surface area contributed by atoms with Gasteiger partial charge in [-0.2, -0.15) is 0 Å². The van der Waals surface area contributed by atoms with Crippen LogP contribution < -0.4 is 10.1 Å². The van der Waals surface area contributed by atoms with Crippen LogP contribution in [0.15, 0.2) is 22.7 Å². The summed E-state index contributed by atoms with van der Waals surface area (Å²) in [6.07, 6.45) is 0. The topological polar surface area (TPSA) is 55.4 Å². The summed E-state index contributed by atoms with van der Waals surface area (Å²) in [5.41, 5.74) is 0.468. The lowest BCUT2D eigenvalue weighted by molar-refractivity contribution is -0.123. The van der Waals surface area contributed by atoms with Gasteiger partial charge in [0.25, 0.3) is 5.91 Å². The third kappa shape index (κ3) is 4.49. The van der Waals surface area contributed by atoms with Crippen molar-refractivity contribution in [2.24, 2.45) is 0 Å². The van der Waals surface area contributed by atoms with E-state index in [2.05, 4.69) is 21.2 Å². The standard InChI is InChI=1S/C13H16BrNO3/c1-8(2)15-13(17)7-18-12-6-10(14)4-5-11(12)9(3)16/h4-6,8H,7H2,1-3H3,(H,15,17). The Morgan fingerprint density at radius 1 is 1.39 bits per heavy atom. The van der Waals surface area contributed by atoms with E-state index in [1.165, 1.54) is 6.92 Å². The number of halogens is 1. The molecule has 0 heterocycles. The minimum atomic E-state index is -0.209. The average molecular weight is 314 g/mol. The monoisotopic (exact) mass is 313 g/mol. The van der Waals surface area contributed by atoms with Gasteiger partial charge in [0.2, 0.25) is 0 Å². The Morgan fingerprint density at radius 2 is 2.06 bits per heavy atom. The summed E-state index contributed by atoms with van der Waals surface area (Å²) in [5, 5.41) is 2.72. The smallest absolute Gasteiger partial charge is 0.258 e. The number of ether oxygens (including phenoxy) is 1. The minimum Gasteiger partial charge on any atom is -0.483 e. The second-order valence-electron chi connectivity index (χ2n) is 4.21. The highest BCUT2D eigenvalue weighted by atomic mass is 79.9. The number of carbonyl (C=O) groups excluding carboxylic acids is 2. The Kier molecular flexibility index (Phi) is 5.34. The molecule has 1 amide bonds. The molecule has 1 rings (SSSR count). The first-order valence-electron chi connectivity index (χ1n) is 5.62. The molecule has 0 aromatic heterocycles. The lowest BCUT2D eigenvalue weighted by Crippen LogP contribution is -2.34. The van der Waals surface area contributed by atoms with Crippen LogP contribution in [0.2, 0.25) is 0 Å². The van der Waals surface area contributed by atoms with Crippen LogP contribution in [0.3, 0.4) is 0 Å². The zero-order valence-corrected chi connectivity index (χ0v) is 12.2. The molecular formula is C13H16BrNO3. The van der Waals surface area contributed by atoms with Gasteiger partial charge in [0.05, 0.1) is 5.56 Å². The number of hydrogen-bond donors (Lipinski definition) is 1. The fraction of sp³-hybridized carbons (Fsp3) is 0.385. The fourth-order valence-corrected chi connectivity index (χ4v) is 1.75. The molecule has 0 saturated heterocycles. The molecule has 0 atom stereocenters. The second kappa shape index (κ2) is 6.54. The maximum atomic E-state index is 11.5. The number of nitrogens with one attached hydrogen (secondary N) is 1. The van der Waals surface area contributed by atoms with E-state index in [1.54, 1.807) is 18.2 Å². The highest BCUT2D eigenvalue weighted by molar-refractivity contribution is 9.10. The van der Waals surface area contributed by atoms with Crippen molar-refractivity contribution in [1.82, 2.24) is 5.32 Å². The summed E-state index contributed by atoms with van der Waals surface area (Å²) in [7, 11) is 0. The van der Waals surface area contributed by atoms with Crippen LogP contribution in [-0.4, -0.2) is 24.3 Å². The van der Waals surface area contributed by atoms with Gasteiger partial charge in [0, 0.05) is 10.5 Å². The predicted molar refractivity (Wildman–Crippen MR) is 72.9 cm³/mol. The molecule has 0 aliphatic heterocycles. The highest BCUT2D eigenvalue weighted by Crippen LogP contribution is 2.24. The predicted octanol–water partition coefficient (Wildman–Crippen LogP) is 2.56. The van der Waals surface area contributed by atoms with Gasteiger partial charge in [-0.15, -0.1) is 0 Å². The molecule has 1 N–H and O–H groups in total. The molecule has 0 fully saturated rings. The van der Waals surface area contributed by atoms with E-state index in [-0.39, 0.29) is 24.3 Å². The third-order valence-electron chi connectivity index (χ3n) is 2.13. The molecule has 0 bridgehead atoms. The van der Waals surface area contributed by atoms with Gasteiger partial charge < -0.3 is 10.1 Å². The summed E-state index contributed by atoms with van der Waals surface area (Å²) in [4.78, 5) is 22.9. The van der Waals surface area contributed by atoms with Crippen molar-refractivity contribution in [2.75, 3.05) is 6.61 Å². The number of amides is 1. The van der Waals surface area contributed by atoms with Crippen LogP contribution in [0.4, 0.5) is 0 Å². The zero-order chi connectivity index (χ0) is 13.7. The first-order chi connectivity index (χ1) is 8.40. The van der Waals surface area contributed by atoms with Gasteiger partial charge >= 0.3 is 0 Å². The summed E-state index contributed by atoms with van der Waals surface area (Å²) >= 11 is 3.30. The van der Waals surface area contributed by atoms with Crippen molar-refractivity contribution in [3.63, 3.8) is 0 Å². The van der Waals surface area contributed by atoms with E-state index in [1.807, 2.05) is 13.8 Å². The van der Waals surface area contributed by atoms with Crippen molar-refractivity contribution < 1.29 is 14.3 Å². The van der Waals surface area contributed by atoms with Crippen LogP contribution >= 0.6 is 15.9 Å². The van der Waals surface area contributed by atoms with Gasteiger partial charge in [-0.3, -0.25) is 9.59 Å². The number of Topliss-reactive ketones (excluding diaryl/α,β-unsaturated/α-hetero) is 1. The number of ketones is 1. The van der Waals surface area contributed by atoms with E-state index >= 15 is 0 Å². The largest absolute Gasteiger partial charge is 0.483 e. The molecule has 18 heavy (non-hydrogen) atoms. The van der Waals surface area contributed by atoms with Crippen LogP contribution in [0.5, 0.6) is 5.75 Å². The van der Waals surface area contributed by atoms with Crippen molar-refractivity contribution in [3.05, 3.63) is 28.2 Å². The van der Waals surface area contributed by atoms with Crippen LogP contribution in [0.1, 0.15) is 31.1 Å². The fourth-order valence-electron chi connectivity index (χ4n) is 1.41. The van der Waals surface area contributed by atoms with E-state index in [0.717, 1.165) is 4.47 Å². The van der Waals surface area contributed by atoms with E-state index < -0.39 is 0 Å². The molecule has 0 aliphatic rings. The Balaban J connectivity index is 2.74. The first kappa shape index (κ1) is 14.7. The van der Waals surface area contributed by atoms with Crippen LogP contribution in [0.25, 0.3) is 0 Å². The summed E-state index contributed by atoms with van der Waals surface area (Å²) in [6, 6.07) is 5.18. The molecule has 1 aromatic rings. The molecule has 0 unspecified atom stereocenters. The Hall–Kier alpha value is -1.36. The highest BCUT2D eigenvalue weighted by Gasteiger charge is 2.11. The average Bonchev–Trinajstić information content (AvgIpc) is 2.25. The maximum Gasteiger partial charge on any atom is 0.258 e. The lowest BCUT2D eigenvalue weighted by atomic mass is 10.1. The van der Waals surface area contributed by atoms with Crippen LogP contribution in [-0.2, 0) is 4.79 Å². The van der Waals surface area contributed by atoms with E-state index in [4.69, 9.17) is 4.74 Å². The van der Waals surface area contributed by atoms with Crippen molar-refractivity contribution >= 4 is 27.6 Å². The molecule has 98 valence electrons. The molecule has 0 aliphatic carbocycles. The molecule has 0 spiro atoms. The summed E-state index contributed by atoms with van der Waals surface area (Å²) in [6.45, 7) is 5.11. The van der Waals surface area contributed by atoms with Gasteiger partial charge in [0.15, 0.2) is 12.4 Å². The minimum absolute atomic E-state index is 0.0656. The summed E-state index contributed by atoms with van der Waals surface area (Å²) in [5.74, 6) is 0.108. The Labute approximate surface area is 115 Å². The van der Waals surface area contributed by atoms with Gasteiger partial charge in [-0.1, -0.05) is 15.9 Å². The van der Waals surface area contributed by atoms with Crippen molar-refractivity contribution in [1.29, 1.82) is 0 Å². The quantitative estimate of drug-likeness (QED) is 0.850. The first-order valence-corrected chi connectivity index (χ1v) is 6.42. The lowest BCUT2D eigenvalue weighted by Gasteiger charge is -2.12. The summed E-state index contributed by atoms with van der Waals surface area (Å²) < 4.78 is 6.18. The SMILES string of the molecule is CC(=O)c1ccc(Br)cc1OCC(=O)NC(C)C. The van der Waals surface area contributed by atoms with Crippen LogP contribution in [0, 0.1) is 0 Å². The zero-order valence-electron chi connectivity index (χ0n) is 10.6. The number of rotatable bonds is 5. The molecule has 1 aromatic carbocycles. The molecule has 5 heteroatoms. The Morgan fingerprint density at radius 3 is 2.61 bits per heavy atom.